The Kier molecular flexibility index (Phi) is 70.3. The zero-order chi connectivity index (χ0) is 67.1. The summed E-state index contributed by atoms with van der Waals surface area (Å²) in [6.07, 6.45) is 93.3. The van der Waals surface area contributed by atoms with Crippen LogP contribution in [0.5, 0.6) is 0 Å². The van der Waals surface area contributed by atoms with Crippen molar-refractivity contribution in [3.05, 3.63) is 36.5 Å². The minimum absolute atomic E-state index is 0.181. The predicted octanol–water partition coefficient (Wildman–Crippen LogP) is 24.1. The van der Waals surface area contributed by atoms with E-state index < -0.39 is 49.5 Å². The molecule has 9 nitrogen and oxygen atoms in total. The van der Waals surface area contributed by atoms with Gasteiger partial charge in [0.05, 0.1) is 25.4 Å². The SMILES string of the molecule is CCCCCCCCCCCCCCCCCCCCCCCCC/C=C/CC/C=C/CC/C=C/C(O)C(COC1OC(CO)C(O)C(O)C1O)NC(=O)CCCCCCCCCCCCCCCCCCCCCCCCCCCCCCCCCCCCCCC. The molecule has 0 saturated carbocycles. The third kappa shape index (κ3) is 61.3. The Morgan fingerprint density at radius 1 is 0.355 bits per heavy atom. The largest absolute Gasteiger partial charge is 0.394 e. The summed E-state index contributed by atoms with van der Waals surface area (Å²) in [6, 6.07) is -0.829. The number of aliphatic hydroxyl groups is 5. The number of allylic oxidation sites excluding steroid dienone is 5. The van der Waals surface area contributed by atoms with Crippen LogP contribution in [-0.4, -0.2) is 87.5 Å². The molecule has 6 N–H and O–H groups in total. The molecule has 0 radical (unpaired) electrons. The van der Waals surface area contributed by atoms with Crippen molar-refractivity contribution in [1.82, 2.24) is 5.32 Å². The zero-order valence-corrected chi connectivity index (χ0v) is 62.0. The van der Waals surface area contributed by atoms with E-state index in [9.17, 15) is 30.3 Å². The van der Waals surface area contributed by atoms with Gasteiger partial charge in [-0.2, -0.15) is 0 Å². The van der Waals surface area contributed by atoms with Crippen LogP contribution in [0.4, 0.5) is 0 Å². The van der Waals surface area contributed by atoms with Crippen LogP contribution in [0.1, 0.15) is 438 Å². The summed E-state index contributed by atoms with van der Waals surface area (Å²) in [7, 11) is 0. The first-order valence-corrected chi connectivity index (χ1v) is 41.7. The van der Waals surface area contributed by atoms with Gasteiger partial charge < -0.3 is 40.3 Å². The van der Waals surface area contributed by atoms with Crippen LogP contribution in [0.25, 0.3) is 0 Å². The number of carbonyl (C=O) groups is 1. The van der Waals surface area contributed by atoms with Crippen molar-refractivity contribution in [1.29, 1.82) is 0 Å². The van der Waals surface area contributed by atoms with Gasteiger partial charge in [-0.05, 0) is 44.9 Å². The molecule has 1 aliphatic rings. The molecule has 1 rings (SSSR count). The second-order valence-corrected chi connectivity index (χ2v) is 29.3. The fourth-order valence-electron chi connectivity index (χ4n) is 13.7. The summed E-state index contributed by atoms with van der Waals surface area (Å²) in [5.41, 5.74) is 0. The molecule has 1 saturated heterocycles. The number of aliphatic hydroxyl groups excluding tert-OH is 5. The monoisotopic (exact) mass is 1310 g/mol. The summed E-state index contributed by atoms with van der Waals surface area (Å²) in [4.78, 5) is 13.2. The average molecular weight is 1310 g/mol. The average Bonchev–Trinajstić information content (AvgIpc) is 1.01. The zero-order valence-electron chi connectivity index (χ0n) is 62.0. The first-order chi connectivity index (χ1) is 45.8. The van der Waals surface area contributed by atoms with Crippen LogP contribution in [0.2, 0.25) is 0 Å². The van der Waals surface area contributed by atoms with Gasteiger partial charge in [0.25, 0.3) is 0 Å². The van der Waals surface area contributed by atoms with Gasteiger partial charge in [0.2, 0.25) is 5.91 Å². The van der Waals surface area contributed by atoms with Crippen LogP contribution in [0.15, 0.2) is 36.5 Å². The maximum Gasteiger partial charge on any atom is 0.220 e. The van der Waals surface area contributed by atoms with Gasteiger partial charge in [-0.15, -0.1) is 0 Å². The van der Waals surface area contributed by atoms with E-state index in [1.54, 1.807) is 6.08 Å². The Bertz CT molecular complexity index is 1570. The van der Waals surface area contributed by atoms with Gasteiger partial charge in [-0.1, -0.05) is 423 Å². The van der Waals surface area contributed by atoms with Crippen LogP contribution >= 0.6 is 0 Å². The van der Waals surface area contributed by atoms with Crippen molar-refractivity contribution < 1.29 is 39.8 Å². The highest BCUT2D eigenvalue weighted by Crippen LogP contribution is 2.24. The summed E-state index contributed by atoms with van der Waals surface area (Å²) in [5, 5.41) is 54.9. The molecule has 1 fully saturated rings. The molecule has 9 heteroatoms. The highest BCUT2D eigenvalue weighted by atomic mass is 16.7. The molecule has 550 valence electrons. The van der Waals surface area contributed by atoms with Gasteiger partial charge in [0.1, 0.15) is 24.4 Å². The van der Waals surface area contributed by atoms with Crippen molar-refractivity contribution in [2.45, 2.75) is 480 Å². The lowest BCUT2D eigenvalue weighted by molar-refractivity contribution is -0.302. The van der Waals surface area contributed by atoms with E-state index >= 15 is 0 Å². The number of ether oxygens (including phenoxy) is 2. The van der Waals surface area contributed by atoms with E-state index in [1.807, 2.05) is 6.08 Å². The maximum absolute atomic E-state index is 13.2. The number of nitrogens with one attached hydrogen (secondary N) is 1. The fourth-order valence-corrected chi connectivity index (χ4v) is 13.7. The standard InChI is InChI=1S/C84H161NO8/c1-3-5-7-9-11-13-15-17-19-21-23-25-27-29-31-33-35-37-38-39-40-42-44-46-48-50-52-54-56-58-60-62-64-66-68-70-72-74-80(88)85-77(76-92-84-83(91)82(90)81(89)79(75-86)93-84)78(87)73-71-69-67-65-63-61-59-57-55-53-51-49-47-45-43-41-36-34-32-30-28-26-24-22-20-18-16-14-12-10-8-6-4-2/h55,57,63,65,71,73,77-79,81-84,86-87,89-91H,3-54,56,58-62,64,66-70,72,74-76H2,1-2H3,(H,85,88)/b57-55+,65-63+,73-71+. The van der Waals surface area contributed by atoms with E-state index in [4.69, 9.17) is 9.47 Å². The van der Waals surface area contributed by atoms with E-state index in [1.165, 1.54) is 372 Å². The van der Waals surface area contributed by atoms with Gasteiger partial charge in [-0.25, -0.2) is 0 Å². The molecule has 0 bridgehead atoms. The quantitative estimate of drug-likeness (QED) is 0.0261. The van der Waals surface area contributed by atoms with Crippen molar-refractivity contribution in [3.63, 3.8) is 0 Å². The lowest BCUT2D eigenvalue weighted by Crippen LogP contribution is -2.60. The smallest absolute Gasteiger partial charge is 0.220 e. The highest BCUT2D eigenvalue weighted by Gasteiger charge is 2.44. The Balaban J connectivity index is 2.07. The first-order valence-electron chi connectivity index (χ1n) is 41.7. The lowest BCUT2D eigenvalue weighted by atomic mass is 9.99. The second kappa shape index (κ2) is 73.1. The third-order valence-electron chi connectivity index (χ3n) is 20.2. The molecule has 1 aliphatic heterocycles. The van der Waals surface area contributed by atoms with Crippen LogP contribution in [-0.2, 0) is 14.3 Å². The Morgan fingerprint density at radius 3 is 0.903 bits per heavy atom. The molecule has 0 aromatic carbocycles. The minimum Gasteiger partial charge on any atom is -0.394 e. The number of unbranched alkanes of at least 4 members (excludes halogenated alkanes) is 61. The second-order valence-electron chi connectivity index (χ2n) is 29.3. The van der Waals surface area contributed by atoms with Gasteiger partial charge in [-0.3, -0.25) is 4.79 Å². The third-order valence-corrected chi connectivity index (χ3v) is 20.2. The molecular formula is C84H161NO8. The molecule has 1 heterocycles. The van der Waals surface area contributed by atoms with Crippen molar-refractivity contribution >= 4 is 5.91 Å². The molecule has 93 heavy (non-hydrogen) atoms. The lowest BCUT2D eigenvalue weighted by Gasteiger charge is -2.40. The minimum atomic E-state index is -1.58. The number of hydrogen-bond donors (Lipinski definition) is 6. The molecule has 0 aliphatic carbocycles. The van der Waals surface area contributed by atoms with Gasteiger partial charge >= 0.3 is 0 Å². The molecule has 0 aromatic heterocycles. The van der Waals surface area contributed by atoms with E-state index in [-0.39, 0.29) is 12.5 Å². The van der Waals surface area contributed by atoms with E-state index in [0.29, 0.717) is 6.42 Å². The Labute approximate surface area is 578 Å². The number of rotatable bonds is 75. The van der Waals surface area contributed by atoms with Gasteiger partial charge in [0, 0.05) is 6.42 Å². The molecule has 7 unspecified atom stereocenters. The number of hydrogen-bond acceptors (Lipinski definition) is 8. The predicted molar refractivity (Wildman–Crippen MR) is 401 cm³/mol. The molecular weight excluding hydrogens is 1150 g/mol. The summed E-state index contributed by atoms with van der Waals surface area (Å²) < 4.78 is 11.3. The van der Waals surface area contributed by atoms with Crippen LogP contribution in [0, 0.1) is 0 Å². The molecule has 7 atom stereocenters. The maximum atomic E-state index is 13.2. The highest BCUT2D eigenvalue weighted by molar-refractivity contribution is 5.76. The normalized spacial score (nSPS) is 17.7. The summed E-state index contributed by atoms with van der Waals surface area (Å²) >= 11 is 0. The number of amides is 1. The topological polar surface area (TPSA) is 149 Å². The number of carbonyl (C=O) groups excluding carboxylic acids is 1. The Hall–Kier alpha value is -1.59. The van der Waals surface area contributed by atoms with Crippen molar-refractivity contribution in [3.8, 4) is 0 Å². The van der Waals surface area contributed by atoms with Gasteiger partial charge in [0.15, 0.2) is 6.29 Å². The van der Waals surface area contributed by atoms with E-state index in [0.717, 1.165) is 44.9 Å². The molecule has 0 aromatic rings. The van der Waals surface area contributed by atoms with Crippen LogP contribution in [0.3, 0.4) is 0 Å². The first kappa shape index (κ1) is 89.4. The summed E-state index contributed by atoms with van der Waals surface area (Å²) in [5.74, 6) is -0.181. The van der Waals surface area contributed by atoms with Crippen LogP contribution < -0.4 is 5.32 Å². The van der Waals surface area contributed by atoms with Crippen molar-refractivity contribution in [2.24, 2.45) is 0 Å². The molecule has 1 amide bonds. The van der Waals surface area contributed by atoms with Crippen molar-refractivity contribution in [2.75, 3.05) is 13.2 Å². The molecule has 0 spiro atoms. The summed E-state index contributed by atoms with van der Waals surface area (Å²) in [6.45, 7) is 3.83. The van der Waals surface area contributed by atoms with E-state index in [2.05, 4.69) is 43.5 Å². The fraction of sp³-hybridized carbons (Fsp3) is 0.917. The Morgan fingerprint density at radius 2 is 0.613 bits per heavy atom.